The minimum Gasteiger partial charge on any atom is -0.313 e. The van der Waals surface area contributed by atoms with E-state index in [1.54, 1.807) is 0 Å². The van der Waals surface area contributed by atoms with E-state index in [4.69, 9.17) is 0 Å². The summed E-state index contributed by atoms with van der Waals surface area (Å²) in [6.45, 7) is 2.19. The van der Waals surface area contributed by atoms with E-state index in [-0.39, 0.29) is 0 Å². The maximum atomic E-state index is 3.41. The Labute approximate surface area is 109 Å². The first-order valence-electron chi connectivity index (χ1n) is 6.66. The van der Waals surface area contributed by atoms with Gasteiger partial charge < -0.3 is 5.32 Å². The predicted molar refractivity (Wildman–Crippen MR) is 76.7 cm³/mol. The van der Waals surface area contributed by atoms with Crippen molar-refractivity contribution in [2.45, 2.75) is 25.8 Å². The van der Waals surface area contributed by atoms with Crippen molar-refractivity contribution >= 4 is 0 Å². The number of rotatable bonds is 2. The van der Waals surface area contributed by atoms with Crippen LogP contribution >= 0.6 is 0 Å². The SMILES string of the molecule is CNC1CCc2c(-c3ccccc3C)cccc21. The second kappa shape index (κ2) is 4.58. The van der Waals surface area contributed by atoms with Crippen LogP contribution in [0.25, 0.3) is 11.1 Å². The standard InChI is InChI=1S/C17H19N/c1-12-6-3-4-7-13(12)14-8-5-9-16-15(14)10-11-17(16)18-2/h3-9,17-18H,10-11H2,1-2H3. The molecule has 18 heavy (non-hydrogen) atoms. The highest BCUT2D eigenvalue weighted by Gasteiger charge is 2.23. The highest BCUT2D eigenvalue weighted by molar-refractivity contribution is 5.72. The van der Waals surface area contributed by atoms with E-state index in [9.17, 15) is 0 Å². The molecule has 1 aliphatic rings. The van der Waals surface area contributed by atoms with Gasteiger partial charge in [-0.2, -0.15) is 0 Å². The van der Waals surface area contributed by atoms with Crippen LogP contribution in [0.3, 0.4) is 0 Å². The molecular weight excluding hydrogens is 218 g/mol. The van der Waals surface area contributed by atoms with Crippen molar-refractivity contribution in [3.05, 3.63) is 59.2 Å². The van der Waals surface area contributed by atoms with Crippen molar-refractivity contribution in [1.82, 2.24) is 5.32 Å². The molecule has 0 fully saturated rings. The Bertz CT molecular complexity index is 572. The van der Waals surface area contributed by atoms with Crippen LogP contribution in [-0.2, 0) is 6.42 Å². The van der Waals surface area contributed by atoms with Crippen LogP contribution in [0.1, 0.15) is 29.2 Å². The van der Waals surface area contributed by atoms with Gasteiger partial charge in [-0.15, -0.1) is 0 Å². The number of nitrogens with one attached hydrogen (secondary N) is 1. The lowest BCUT2D eigenvalue weighted by Crippen LogP contribution is -2.12. The molecule has 1 heteroatoms. The Balaban J connectivity index is 2.16. The first-order chi connectivity index (χ1) is 8.81. The average Bonchev–Trinajstić information content (AvgIpc) is 2.82. The van der Waals surface area contributed by atoms with Crippen LogP contribution < -0.4 is 5.32 Å². The van der Waals surface area contributed by atoms with Gasteiger partial charge in [0.25, 0.3) is 0 Å². The zero-order valence-electron chi connectivity index (χ0n) is 11.0. The third-order valence-electron chi connectivity index (χ3n) is 4.05. The molecule has 1 N–H and O–H groups in total. The Morgan fingerprint density at radius 2 is 1.78 bits per heavy atom. The molecule has 2 aromatic rings. The molecule has 0 saturated carbocycles. The van der Waals surface area contributed by atoms with Crippen LogP contribution in [0.2, 0.25) is 0 Å². The Hall–Kier alpha value is -1.60. The number of benzene rings is 2. The third kappa shape index (κ3) is 1.75. The van der Waals surface area contributed by atoms with Gasteiger partial charge in [0.15, 0.2) is 0 Å². The summed E-state index contributed by atoms with van der Waals surface area (Å²) in [7, 11) is 2.06. The predicted octanol–water partition coefficient (Wildman–Crippen LogP) is 3.87. The molecule has 92 valence electrons. The van der Waals surface area contributed by atoms with Crippen molar-refractivity contribution in [2.75, 3.05) is 7.05 Å². The van der Waals surface area contributed by atoms with Gasteiger partial charge in [-0.1, -0.05) is 42.5 Å². The Kier molecular flexibility index (Phi) is 2.92. The first-order valence-corrected chi connectivity index (χ1v) is 6.66. The lowest BCUT2D eigenvalue weighted by atomic mass is 9.94. The fourth-order valence-corrected chi connectivity index (χ4v) is 3.08. The normalized spacial score (nSPS) is 17.8. The van der Waals surface area contributed by atoms with Crippen molar-refractivity contribution in [1.29, 1.82) is 0 Å². The number of hydrogen-bond acceptors (Lipinski definition) is 1. The zero-order valence-corrected chi connectivity index (χ0v) is 11.0. The van der Waals surface area contributed by atoms with E-state index >= 15 is 0 Å². The van der Waals surface area contributed by atoms with Crippen LogP contribution in [0.4, 0.5) is 0 Å². The molecule has 1 aliphatic carbocycles. The van der Waals surface area contributed by atoms with E-state index in [0.717, 1.165) is 0 Å². The van der Waals surface area contributed by atoms with Gasteiger partial charge in [0, 0.05) is 6.04 Å². The third-order valence-corrected chi connectivity index (χ3v) is 4.05. The highest BCUT2D eigenvalue weighted by Crippen LogP contribution is 2.38. The van der Waals surface area contributed by atoms with Gasteiger partial charge in [-0.25, -0.2) is 0 Å². The van der Waals surface area contributed by atoms with Crippen LogP contribution in [0.5, 0.6) is 0 Å². The minimum absolute atomic E-state index is 0.531. The van der Waals surface area contributed by atoms with Gasteiger partial charge in [0.1, 0.15) is 0 Å². The topological polar surface area (TPSA) is 12.0 Å². The molecule has 0 amide bonds. The molecule has 0 aliphatic heterocycles. The zero-order chi connectivity index (χ0) is 12.5. The summed E-state index contributed by atoms with van der Waals surface area (Å²) in [5.41, 5.74) is 7.18. The number of aryl methyl sites for hydroxylation is 1. The molecule has 3 rings (SSSR count). The molecule has 0 spiro atoms. The van der Waals surface area contributed by atoms with Gasteiger partial charge >= 0.3 is 0 Å². The molecule has 1 unspecified atom stereocenters. The lowest BCUT2D eigenvalue weighted by molar-refractivity contribution is 0.590. The summed E-state index contributed by atoms with van der Waals surface area (Å²) in [6, 6.07) is 15.9. The van der Waals surface area contributed by atoms with Gasteiger partial charge in [0.05, 0.1) is 0 Å². The summed E-state index contributed by atoms with van der Waals surface area (Å²) in [5, 5.41) is 3.41. The van der Waals surface area contributed by atoms with Crippen LogP contribution in [0.15, 0.2) is 42.5 Å². The van der Waals surface area contributed by atoms with Gasteiger partial charge in [0.2, 0.25) is 0 Å². The second-order valence-electron chi connectivity index (χ2n) is 5.07. The maximum Gasteiger partial charge on any atom is 0.0323 e. The number of hydrogen-bond donors (Lipinski definition) is 1. The van der Waals surface area contributed by atoms with E-state index < -0.39 is 0 Å². The molecule has 0 bridgehead atoms. The summed E-state index contributed by atoms with van der Waals surface area (Å²) >= 11 is 0. The van der Waals surface area contributed by atoms with Gasteiger partial charge in [-0.05, 0) is 54.6 Å². The average molecular weight is 237 g/mol. The Morgan fingerprint density at radius 1 is 1.00 bits per heavy atom. The molecule has 1 atom stereocenters. The quantitative estimate of drug-likeness (QED) is 0.836. The molecular formula is C17H19N. The first kappa shape index (κ1) is 11.5. The molecule has 0 radical (unpaired) electrons. The molecule has 0 saturated heterocycles. The summed E-state index contributed by atoms with van der Waals surface area (Å²) < 4.78 is 0. The summed E-state index contributed by atoms with van der Waals surface area (Å²) in [6.07, 6.45) is 2.40. The smallest absolute Gasteiger partial charge is 0.0323 e. The highest BCUT2D eigenvalue weighted by atomic mass is 14.9. The van der Waals surface area contributed by atoms with Crippen molar-refractivity contribution in [2.24, 2.45) is 0 Å². The molecule has 0 aromatic heterocycles. The largest absolute Gasteiger partial charge is 0.313 e. The number of fused-ring (bicyclic) bond motifs is 1. The molecule has 1 nitrogen and oxygen atoms in total. The van der Waals surface area contributed by atoms with Crippen molar-refractivity contribution < 1.29 is 0 Å². The van der Waals surface area contributed by atoms with Crippen LogP contribution in [-0.4, -0.2) is 7.05 Å². The van der Waals surface area contributed by atoms with Crippen molar-refractivity contribution in [3.63, 3.8) is 0 Å². The summed E-state index contributed by atoms with van der Waals surface area (Å²) in [5.74, 6) is 0. The fourth-order valence-electron chi connectivity index (χ4n) is 3.08. The lowest BCUT2D eigenvalue weighted by Gasteiger charge is -2.13. The van der Waals surface area contributed by atoms with E-state index in [0.29, 0.717) is 6.04 Å². The molecule has 0 heterocycles. The van der Waals surface area contributed by atoms with E-state index in [1.165, 1.54) is 40.7 Å². The van der Waals surface area contributed by atoms with E-state index in [1.807, 2.05) is 0 Å². The van der Waals surface area contributed by atoms with Crippen molar-refractivity contribution in [3.8, 4) is 11.1 Å². The second-order valence-corrected chi connectivity index (χ2v) is 5.07. The fraction of sp³-hybridized carbons (Fsp3) is 0.294. The Morgan fingerprint density at radius 3 is 2.56 bits per heavy atom. The monoisotopic (exact) mass is 237 g/mol. The minimum atomic E-state index is 0.531. The van der Waals surface area contributed by atoms with Crippen LogP contribution in [0, 0.1) is 6.92 Å². The van der Waals surface area contributed by atoms with E-state index in [2.05, 4.69) is 61.8 Å². The maximum absolute atomic E-state index is 3.41. The summed E-state index contributed by atoms with van der Waals surface area (Å²) in [4.78, 5) is 0. The molecule has 2 aromatic carbocycles. The van der Waals surface area contributed by atoms with Gasteiger partial charge in [-0.3, -0.25) is 0 Å².